The normalized spacial score (nSPS) is 12.7. The van der Waals surface area contributed by atoms with Crippen LogP contribution in [0.1, 0.15) is 6.92 Å². The second-order valence-corrected chi connectivity index (χ2v) is 7.31. The summed E-state index contributed by atoms with van der Waals surface area (Å²) in [5, 5.41) is 3.61. The summed E-state index contributed by atoms with van der Waals surface area (Å²) in [4.78, 5) is 4.24. The molecule has 1 aromatic heterocycles. The minimum Gasteiger partial charge on any atom is -0.489 e. The fourth-order valence-electron chi connectivity index (χ4n) is 1.88. The second-order valence-electron chi connectivity index (χ2n) is 4.89. The molecule has 1 unspecified atom stereocenters. The Bertz CT molecular complexity index is 750. The molecule has 1 heterocycles. The maximum Gasteiger partial charge on any atom is 0.179 e. The third-order valence-electron chi connectivity index (χ3n) is 2.86. The zero-order valence-electron chi connectivity index (χ0n) is 12.3. The third kappa shape index (κ3) is 4.61. The van der Waals surface area contributed by atoms with Gasteiger partial charge in [0.15, 0.2) is 9.84 Å². The first kappa shape index (κ1) is 16.6. The van der Waals surface area contributed by atoms with Crippen molar-refractivity contribution in [2.24, 2.45) is 0 Å². The van der Waals surface area contributed by atoms with Gasteiger partial charge in [0, 0.05) is 17.5 Å². The highest BCUT2D eigenvalue weighted by molar-refractivity contribution is 7.90. The number of ether oxygens (including phenoxy) is 1. The molecule has 22 heavy (non-hydrogen) atoms. The van der Waals surface area contributed by atoms with Crippen LogP contribution in [-0.2, 0) is 9.84 Å². The van der Waals surface area contributed by atoms with Crippen LogP contribution in [0.15, 0.2) is 47.5 Å². The van der Waals surface area contributed by atoms with Crippen molar-refractivity contribution in [3.05, 3.63) is 47.6 Å². The summed E-state index contributed by atoms with van der Waals surface area (Å²) in [5.74, 6) is 0.984. The van der Waals surface area contributed by atoms with Crippen LogP contribution >= 0.6 is 11.6 Å². The Balaban J connectivity index is 2.01. The van der Waals surface area contributed by atoms with Gasteiger partial charge in [-0.25, -0.2) is 13.4 Å². The van der Waals surface area contributed by atoms with Gasteiger partial charge in [0.05, 0.1) is 6.54 Å². The topological polar surface area (TPSA) is 68.3 Å². The number of benzene rings is 1. The van der Waals surface area contributed by atoms with Crippen molar-refractivity contribution in [3.63, 3.8) is 0 Å². The number of halogens is 1. The summed E-state index contributed by atoms with van der Waals surface area (Å²) in [6, 6.07) is 10.2. The minimum atomic E-state index is -3.33. The Morgan fingerprint density at radius 2 is 2.09 bits per heavy atom. The lowest BCUT2D eigenvalue weighted by Gasteiger charge is -2.17. The standard InChI is InChI=1S/C15H17ClN2O3S/c1-11(21-13-6-3-5-12(16)9-13)10-18-15-14(22(2,19)20)7-4-8-17-15/h3-9,11H,10H2,1-2H3,(H,17,18). The van der Waals surface area contributed by atoms with E-state index in [-0.39, 0.29) is 11.0 Å². The van der Waals surface area contributed by atoms with Gasteiger partial charge < -0.3 is 10.1 Å². The number of pyridine rings is 1. The highest BCUT2D eigenvalue weighted by atomic mass is 35.5. The number of anilines is 1. The molecule has 0 spiro atoms. The lowest BCUT2D eigenvalue weighted by molar-refractivity contribution is 0.234. The van der Waals surface area contributed by atoms with E-state index in [4.69, 9.17) is 16.3 Å². The smallest absolute Gasteiger partial charge is 0.179 e. The maximum atomic E-state index is 11.7. The van der Waals surface area contributed by atoms with Crippen molar-refractivity contribution in [1.29, 1.82) is 0 Å². The quantitative estimate of drug-likeness (QED) is 0.875. The summed E-state index contributed by atoms with van der Waals surface area (Å²) in [7, 11) is -3.33. The van der Waals surface area contributed by atoms with Crippen molar-refractivity contribution >= 4 is 27.3 Å². The van der Waals surface area contributed by atoms with E-state index in [1.807, 2.05) is 13.0 Å². The van der Waals surface area contributed by atoms with Crippen LogP contribution < -0.4 is 10.1 Å². The molecule has 1 atom stereocenters. The maximum absolute atomic E-state index is 11.7. The predicted molar refractivity (Wildman–Crippen MR) is 87.4 cm³/mol. The monoisotopic (exact) mass is 340 g/mol. The molecule has 5 nitrogen and oxygen atoms in total. The molecule has 0 saturated carbocycles. The van der Waals surface area contributed by atoms with Crippen molar-refractivity contribution < 1.29 is 13.2 Å². The molecule has 1 aromatic carbocycles. The van der Waals surface area contributed by atoms with Gasteiger partial charge in [0.2, 0.25) is 0 Å². The van der Waals surface area contributed by atoms with Crippen LogP contribution in [0.4, 0.5) is 5.82 Å². The van der Waals surface area contributed by atoms with E-state index in [9.17, 15) is 8.42 Å². The van der Waals surface area contributed by atoms with Gasteiger partial charge in [0.1, 0.15) is 22.6 Å². The average molecular weight is 341 g/mol. The Labute approximate surface area is 135 Å². The summed E-state index contributed by atoms with van der Waals surface area (Å²) < 4.78 is 29.1. The van der Waals surface area contributed by atoms with Crippen LogP contribution in [0, 0.1) is 0 Å². The first-order chi connectivity index (χ1) is 10.4. The van der Waals surface area contributed by atoms with Crippen LogP contribution in [0.2, 0.25) is 5.02 Å². The first-order valence-corrected chi connectivity index (χ1v) is 8.94. The van der Waals surface area contributed by atoms with Crippen molar-refractivity contribution in [3.8, 4) is 5.75 Å². The number of sulfone groups is 1. The molecular weight excluding hydrogens is 324 g/mol. The predicted octanol–water partition coefficient (Wildman–Crippen LogP) is 3.02. The van der Waals surface area contributed by atoms with Crippen LogP contribution in [0.25, 0.3) is 0 Å². The number of hydrogen-bond acceptors (Lipinski definition) is 5. The largest absolute Gasteiger partial charge is 0.489 e. The van der Waals surface area contributed by atoms with E-state index in [1.54, 1.807) is 30.5 Å². The Morgan fingerprint density at radius 3 is 2.77 bits per heavy atom. The van der Waals surface area contributed by atoms with Gasteiger partial charge in [0.25, 0.3) is 0 Å². The molecular formula is C15H17ClN2O3S. The number of nitrogens with zero attached hydrogens (tertiary/aromatic N) is 1. The highest BCUT2D eigenvalue weighted by Gasteiger charge is 2.14. The molecule has 0 aliphatic heterocycles. The Morgan fingerprint density at radius 1 is 1.32 bits per heavy atom. The molecule has 0 saturated heterocycles. The van der Waals surface area contributed by atoms with Crippen molar-refractivity contribution in [2.45, 2.75) is 17.9 Å². The fourth-order valence-corrected chi connectivity index (χ4v) is 2.86. The number of nitrogens with one attached hydrogen (secondary N) is 1. The lowest BCUT2D eigenvalue weighted by atomic mass is 10.3. The van der Waals surface area contributed by atoms with E-state index < -0.39 is 9.84 Å². The third-order valence-corrected chi connectivity index (χ3v) is 4.22. The molecule has 0 fully saturated rings. The van der Waals surface area contributed by atoms with Gasteiger partial charge >= 0.3 is 0 Å². The number of hydrogen-bond donors (Lipinski definition) is 1. The van der Waals surface area contributed by atoms with Crippen LogP contribution in [0.3, 0.4) is 0 Å². The molecule has 2 rings (SSSR count). The Hall–Kier alpha value is -1.79. The summed E-state index contributed by atoms with van der Waals surface area (Å²) in [6.45, 7) is 2.28. The van der Waals surface area contributed by atoms with Gasteiger partial charge in [-0.1, -0.05) is 17.7 Å². The molecule has 2 aromatic rings. The number of rotatable bonds is 6. The number of aromatic nitrogens is 1. The van der Waals surface area contributed by atoms with E-state index in [0.717, 1.165) is 6.26 Å². The van der Waals surface area contributed by atoms with Crippen LogP contribution in [-0.4, -0.2) is 32.3 Å². The minimum absolute atomic E-state index is 0.171. The zero-order chi connectivity index (χ0) is 16.2. The molecule has 0 radical (unpaired) electrons. The van der Waals surface area contributed by atoms with E-state index >= 15 is 0 Å². The summed E-state index contributed by atoms with van der Waals surface area (Å²) >= 11 is 5.90. The lowest BCUT2D eigenvalue weighted by Crippen LogP contribution is -2.23. The van der Waals surface area contributed by atoms with E-state index in [0.29, 0.717) is 23.1 Å². The second kappa shape index (κ2) is 6.98. The van der Waals surface area contributed by atoms with Crippen molar-refractivity contribution in [2.75, 3.05) is 18.1 Å². The average Bonchev–Trinajstić information content (AvgIpc) is 2.44. The zero-order valence-corrected chi connectivity index (χ0v) is 13.9. The Kier molecular flexibility index (Phi) is 5.26. The van der Waals surface area contributed by atoms with Gasteiger partial charge in [-0.2, -0.15) is 0 Å². The van der Waals surface area contributed by atoms with Gasteiger partial charge in [-0.3, -0.25) is 0 Å². The molecule has 0 aliphatic rings. The molecule has 0 amide bonds. The van der Waals surface area contributed by atoms with Crippen molar-refractivity contribution in [1.82, 2.24) is 4.98 Å². The van der Waals surface area contributed by atoms with Crippen LogP contribution in [0.5, 0.6) is 5.75 Å². The molecule has 118 valence electrons. The fraction of sp³-hybridized carbons (Fsp3) is 0.267. The van der Waals surface area contributed by atoms with E-state index in [1.165, 1.54) is 6.07 Å². The van der Waals surface area contributed by atoms with E-state index in [2.05, 4.69) is 10.3 Å². The molecule has 7 heteroatoms. The first-order valence-electron chi connectivity index (χ1n) is 6.67. The molecule has 0 aliphatic carbocycles. The highest BCUT2D eigenvalue weighted by Crippen LogP contribution is 2.20. The summed E-state index contributed by atoms with van der Waals surface area (Å²) in [5.41, 5.74) is 0. The SMILES string of the molecule is CC(CNc1ncccc1S(C)(=O)=O)Oc1cccc(Cl)c1. The van der Waals surface area contributed by atoms with Gasteiger partial charge in [-0.05, 0) is 37.3 Å². The summed E-state index contributed by atoms with van der Waals surface area (Å²) in [6.07, 6.45) is 2.51. The molecule has 0 bridgehead atoms. The van der Waals surface area contributed by atoms with Gasteiger partial charge in [-0.15, -0.1) is 0 Å². The molecule has 1 N–H and O–H groups in total.